The Morgan fingerprint density at radius 2 is 1.97 bits per heavy atom. The van der Waals surface area contributed by atoms with Crippen molar-refractivity contribution in [3.63, 3.8) is 0 Å². The Kier molecular flexibility index (Phi) is 6.61. The van der Waals surface area contributed by atoms with Crippen LogP contribution in [0.5, 0.6) is 11.5 Å². The Morgan fingerprint density at radius 3 is 2.65 bits per heavy atom. The summed E-state index contributed by atoms with van der Waals surface area (Å²) in [4.78, 5) is 3.42. The first-order valence-electron chi connectivity index (χ1n) is 8.74. The monoisotopic (exact) mass is 459 g/mol. The maximum Gasteiger partial charge on any atom is 0.232 e. The summed E-state index contributed by atoms with van der Waals surface area (Å²) < 4.78 is 24.6. The third-order valence-electron chi connectivity index (χ3n) is 4.37. The minimum absolute atomic E-state index is 0.0377. The van der Waals surface area contributed by atoms with Gasteiger partial charge in [-0.2, -0.15) is 9.65 Å². The van der Waals surface area contributed by atoms with E-state index in [4.69, 9.17) is 49.6 Å². The second-order valence-electron chi connectivity index (χ2n) is 6.35. The number of nitrogens with one attached hydrogen (secondary N) is 1. The van der Waals surface area contributed by atoms with Gasteiger partial charge in [0.15, 0.2) is 6.23 Å². The van der Waals surface area contributed by atoms with E-state index in [9.17, 15) is 9.65 Å². The topological polar surface area (TPSA) is 131 Å². The molecule has 3 rings (SSSR count). The fourth-order valence-electron chi connectivity index (χ4n) is 2.83. The van der Waals surface area contributed by atoms with Crippen LogP contribution in [-0.4, -0.2) is 17.8 Å². The van der Waals surface area contributed by atoms with Gasteiger partial charge < -0.3 is 15.2 Å². The average Bonchev–Trinajstić information content (AvgIpc) is 2.77. The molecule has 31 heavy (non-hydrogen) atoms. The van der Waals surface area contributed by atoms with E-state index in [0.717, 1.165) is 6.20 Å². The lowest BCUT2D eigenvalue weighted by molar-refractivity contribution is 0.213. The van der Waals surface area contributed by atoms with E-state index >= 15 is 0 Å². The van der Waals surface area contributed by atoms with E-state index in [2.05, 4.69) is 4.98 Å². The predicted octanol–water partition coefficient (Wildman–Crippen LogP) is 4.44. The smallest absolute Gasteiger partial charge is 0.232 e. The molecule has 2 aromatic carbocycles. The van der Waals surface area contributed by atoms with E-state index in [1.54, 1.807) is 18.2 Å². The Hall–Kier alpha value is -3.38. The van der Waals surface area contributed by atoms with Gasteiger partial charge in [0.05, 0.1) is 35.0 Å². The summed E-state index contributed by atoms with van der Waals surface area (Å²) in [5.74, 6) is -0.254. The molecule has 0 aliphatic carbocycles. The van der Waals surface area contributed by atoms with Gasteiger partial charge in [-0.05, 0) is 36.4 Å². The van der Waals surface area contributed by atoms with Crippen LogP contribution in [0.15, 0.2) is 42.6 Å². The molecule has 0 spiro atoms. The third-order valence-corrected chi connectivity index (χ3v) is 5.03. The average molecular weight is 460 g/mol. The van der Waals surface area contributed by atoms with Crippen molar-refractivity contribution in [2.75, 3.05) is 12.8 Å². The predicted molar refractivity (Wildman–Crippen MR) is 116 cm³/mol. The number of nitrogens with two attached hydrogens (primary N) is 2. The number of aromatic nitrogens is 1. The van der Waals surface area contributed by atoms with Crippen molar-refractivity contribution in [1.29, 1.82) is 10.7 Å². The highest BCUT2D eigenvalue weighted by Gasteiger charge is 2.21. The maximum absolute atomic E-state index is 13.7. The first-order chi connectivity index (χ1) is 14.7. The van der Waals surface area contributed by atoms with Gasteiger partial charge in [0.25, 0.3) is 0 Å². The number of halogens is 3. The molecule has 7 nitrogen and oxygen atoms in total. The highest BCUT2D eigenvalue weighted by atomic mass is 35.5. The number of hydrogen-bond donors (Lipinski definition) is 3. The first-order valence-corrected chi connectivity index (χ1v) is 9.50. The SMILES string of the molecule is COc1cc(C#N)cc(C(=N)c2cc(O[C@H](N)c3c(Cl)cnc(F)c3Cl)ccc2N)c1. The molecule has 0 aliphatic heterocycles. The summed E-state index contributed by atoms with van der Waals surface area (Å²) in [5.41, 5.74) is 13.5. The summed E-state index contributed by atoms with van der Waals surface area (Å²) in [5, 5.41) is 17.5. The largest absolute Gasteiger partial charge is 0.497 e. The van der Waals surface area contributed by atoms with Gasteiger partial charge in [-0.15, -0.1) is 0 Å². The van der Waals surface area contributed by atoms with Crippen LogP contribution >= 0.6 is 23.2 Å². The summed E-state index contributed by atoms with van der Waals surface area (Å²) in [7, 11) is 1.46. The molecular weight excluding hydrogens is 444 g/mol. The minimum atomic E-state index is -1.20. The van der Waals surface area contributed by atoms with Crippen molar-refractivity contribution in [2.24, 2.45) is 5.73 Å². The third kappa shape index (κ3) is 4.70. The fraction of sp³-hybridized carbons (Fsp3) is 0.0952. The number of benzene rings is 2. The molecule has 1 atom stereocenters. The molecule has 10 heteroatoms. The van der Waals surface area contributed by atoms with Crippen molar-refractivity contribution < 1.29 is 13.9 Å². The summed E-state index contributed by atoms with van der Waals surface area (Å²) in [6, 6.07) is 11.3. The molecule has 1 aromatic heterocycles. The van der Waals surface area contributed by atoms with E-state index in [1.165, 1.54) is 25.3 Å². The molecule has 0 bridgehead atoms. The van der Waals surface area contributed by atoms with Crippen LogP contribution in [-0.2, 0) is 0 Å². The molecule has 0 unspecified atom stereocenters. The molecule has 0 aliphatic rings. The Labute approximate surface area is 187 Å². The van der Waals surface area contributed by atoms with Crippen LogP contribution in [0.25, 0.3) is 0 Å². The second-order valence-corrected chi connectivity index (χ2v) is 7.13. The molecule has 0 saturated heterocycles. The van der Waals surface area contributed by atoms with Gasteiger partial charge >= 0.3 is 0 Å². The van der Waals surface area contributed by atoms with Crippen molar-refractivity contribution in [2.45, 2.75) is 6.23 Å². The number of methoxy groups -OCH3 is 1. The number of nitrogens with zero attached hydrogens (tertiary/aromatic N) is 2. The number of ether oxygens (including phenoxy) is 2. The van der Waals surface area contributed by atoms with Crippen molar-refractivity contribution in [3.8, 4) is 17.6 Å². The van der Waals surface area contributed by atoms with Crippen LogP contribution in [0.2, 0.25) is 10.0 Å². The summed E-state index contributed by atoms with van der Waals surface area (Å²) in [6.07, 6.45) is -0.119. The highest BCUT2D eigenvalue weighted by Crippen LogP contribution is 2.33. The Bertz CT molecular complexity index is 1210. The van der Waals surface area contributed by atoms with Crippen molar-refractivity contribution in [1.82, 2.24) is 4.98 Å². The van der Waals surface area contributed by atoms with Crippen molar-refractivity contribution >= 4 is 34.6 Å². The van der Waals surface area contributed by atoms with Crippen LogP contribution in [0, 0.1) is 22.7 Å². The van der Waals surface area contributed by atoms with E-state index < -0.39 is 12.2 Å². The van der Waals surface area contributed by atoms with Gasteiger partial charge in [-0.3, -0.25) is 11.1 Å². The normalized spacial score (nSPS) is 11.5. The molecule has 5 N–H and O–H groups in total. The molecule has 0 saturated carbocycles. The summed E-state index contributed by atoms with van der Waals surface area (Å²) >= 11 is 12.0. The van der Waals surface area contributed by atoms with Crippen LogP contribution in [0.3, 0.4) is 0 Å². The van der Waals surface area contributed by atoms with E-state index in [1.807, 2.05) is 6.07 Å². The zero-order valence-electron chi connectivity index (χ0n) is 16.1. The van der Waals surface area contributed by atoms with Gasteiger partial charge in [-0.25, -0.2) is 4.98 Å². The molecule has 0 radical (unpaired) electrons. The quantitative estimate of drug-likeness (QED) is 0.216. The first kappa shape index (κ1) is 22.3. The van der Waals surface area contributed by atoms with Gasteiger partial charge in [0.1, 0.15) is 16.5 Å². The van der Waals surface area contributed by atoms with Gasteiger partial charge in [0, 0.05) is 23.0 Å². The Balaban J connectivity index is 1.95. The number of rotatable bonds is 6. The standard InChI is InChI=1S/C21H16Cl2FN5O2/c1-30-13-5-10(8-25)4-11(6-13)19(27)14-7-12(2-3-16(14)26)31-21(28)17-15(22)9-29-20(24)18(17)23/h2-7,9,21,27H,26,28H2,1H3/t21-/m0/s1. The van der Waals surface area contributed by atoms with Crippen LogP contribution < -0.4 is 20.9 Å². The lowest BCUT2D eigenvalue weighted by Gasteiger charge is -2.18. The molecular formula is C21H16Cl2FN5O2. The molecule has 3 aromatic rings. The number of nitriles is 1. The highest BCUT2D eigenvalue weighted by molar-refractivity contribution is 6.35. The number of hydrogen-bond acceptors (Lipinski definition) is 7. The van der Waals surface area contributed by atoms with Crippen molar-refractivity contribution in [3.05, 3.63) is 80.8 Å². The summed E-state index contributed by atoms with van der Waals surface area (Å²) in [6.45, 7) is 0. The maximum atomic E-state index is 13.7. The fourth-order valence-corrected chi connectivity index (χ4v) is 3.39. The number of anilines is 1. The zero-order chi connectivity index (χ0) is 22.7. The Morgan fingerprint density at radius 1 is 1.23 bits per heavy atom. The zero-order valence-corrected chi connectivity index (χ0v) is 17.6. The molecule has 0 amide bonds. The molecule has 158 valence electrons. The molecule has 0 fully saturated rings. The lowest BCUT2D eigenvalue weighted by atomic mass is 9.98. The second kappa shape index (κ2) is 9.18. The molecule has 1 heterocycles. The van der Waals surface area contributed by atoms with Crippen LogP contribution in [0.1, 0.15) is 28.5 Å². The van der Waals surface area contributed by atoms with Gasteiger partial charge in [-0.1, -0.05) is 23.2 Å². The van der Waals surface area contributed by atoms with Crippen LogP contribution in [0.4, 0.5) is 10.1 Å². The number of pyridine rings is 1. The van der Waals surface area contributed by atoms with E-state index in [-0.39, 0.29) is 27.1 Å². The van der Waals surface area contributed by atoms with E-state index in [0.29, 0.717) is 28.1 Å². The van der Waals surface area contributed by atoms with Gasteiger partial charge in [0.2, 0.25) is 5.95 Å². The number of nitrogen functional groups attached to an aromatic ring is 1. The minimum Gasteiger partial charge on any atom is -0.497 e. The lowest BCUT2D eigenvalue weighted by Crippen LogP contribution is -2.19.